The van der Waals surface area contributed by atoms with Crippen molar-refractivity contribution in [3.05, 3.63) is 0 Å². The van der Waals surface area contributed by atoms with Crippen molar-refractivity contribution >= 4 is 5.78 Å². The third-order valence-electron chi connectivity index (χ3n) is 2.34. The fourth-order valence-corrected chi connectivity index (χ4v) is 1.26. The Hall–Kier alpha value is -0.370. The fourth-order valence-electron chi connectivity index (χ4n) is 1.26. The largest absolute Gasteiger partial charge is 0.314 e. The lowest BCUT2D eigenvalue weighted by Crippen LogP contribution is -2.36. The maximum atomic E-state index is 11.5. The summed E-state index contributed by atoms with van der Waals surface area (Å²) >= 11 is 0. The predicted octanol–water partition coefficient (Wildman–Crippen LogP) is 2.48. The number of nitrogens with one attached hydrogen (secondary N) is 1. The molecule has 0 fully saturated rings. The number of carbonyl (C=O) groups is 1. The molecule has 2 nitrogen and oxygen atoms in total. The summed E-state index contributed by atoms with van der Waals surface area (Å²) in [5.41, 5.74) is 0. The summed E-state index contributed by atoms with van der Waals surface area (Å²) in [5, 5.41) is 3.35. The second-order valence-electron chi connectivity index (χ2n) is 4.23. The van der Waals surface area contributed by atoms with Crippen LogP contribution in [0.4, 0.5) is 0 Å². The zero-order valence-electron chi connectivity index (χ0n) is 9.55. The zero-order chi connectivity index (χ0) is 10.4. The summed E-state index contributed by atoms with van der Waals surface area (Å²) in [7, 11) is 0. The Labute approximate surface area is 83.6 Å². The molecular weight excluding hydrogens is 162 g/mol. The highest BCUT2D eigenvalue weighted by molar-refractivity contribution is 5.80. The van der Waals surface area contributed by atoms with Crippen LogP contribution in [0.3, 0.4) is 0 Å². The first kappa shape index (κ1) is 12.6. The van der Waals surface area contributed by atoms with E-state index in [-0.39, 0.29) is 7.34 Å². The molecular formula is C11H25NO. The molecule has 0 amide bonds. The molecule has 2 heteroatoms. The van der Waals surface area contributed by atoms with Crippen molar-refractivity contribution in [3.63, 3.8) is 0 Å². The average molecular weight is 187 g/mol. The minimum Gasteiger partial charge on any atom is -0.314 e. The van der Waals surface area contributed by atoms with Crippen molar-refractivity contribution < 1.29 is 6.22 Å². The number of hydrogen-bond donors (Lipinski definition) is 1. The van der Waals surface area contributed by atoms with E-state index in [0.717, 1.165) is 6.54 Å². The second-order valence-corrected chi connectivity index (χ2v) is 4.23. The van der Waals surface area contributed by atoms with E-state index in [2.05, 4.69) is 26.1 Å². The topological polar surface area (TPSA) is 29.1 Å². The van der Waals surface area contributed by atoms with Crippen LogP contribution in [0.5, 0.6) is 0 Å². The van der Waals surface area contributed by atoms with Gasteiger partial charge in [-0.25, -0.2) is 0 Å². The smallest absolute Gasteiger partial charge is 0.136 e. The zero-order valence-corrected chi connectivity index (χ0v) is 9.55. The average Bonchev–Trinajstić information content (AvgIpc) is 2.03. The Morgan fingerprint density at radius 2 is 1.85 bits per heavy atom. The molecule has 80 valence electrons. The number of ketones is 1. The van der Waals surface area contributed by atoms with E-state index in [9.17, 15) is 4.79 Å². The van der Waals surface area contributed by atoms with E-state index in [4.69, 9.17) is 0 Å². The van der Waals surface area contributed by atoms with Crippen molar-refractivity contribution in [1.82, 2.24) is 5.32 Å². The lowest BCUT2D eigenvalue weighted by molar-refractivity contribution is -0.122. The maximum absolute atomic E-state index is 11.5. The predicted molar refractivity (Wildman–Crippen MR) is 58.9 cm³/mol. The molecule has 0 aromatic heterocycles. The van der Waals surface area contributed by atoms with Gasteiger partial charge in [0.1, 0.15) is 5.78 Å². The van der Waals surface area contributed by atoms with Crippen LogP contribution in [0.25, 0.3) is 0 Å². The van der Waals surface area contributed by atoms with Crippen molar-refractivity contribution in [2.24, 2.45) is 11.8 Å². The molecule has 0 bridgehead atoms. The van der Waals surface area contributed by atoms with Gasteiger partial charge in [0.25, 0.3) is 0 Å². The van der Waals surface area contributed by atoms with Gasteiger partial charge in [0.2, 0.25) is 0 Å². The van der Waals surface area contributed by atoms with Crippen LogP contribution in [0.2, 0.25) is 0 Å². The molecule has 0 saturated heterocycles. The van der Waals surface area contributed by atoms with Gasteiger partial charge in [-0.15, -0.1) is 0 Å². The fraction of sp³-hybridized carbons (Fsp3) is 0.909. The molecule has 0 aromatic rings. The minimum absolute atomic E-state index is 0. The lowest BCUT2D eigenvalue weighted by Gasteiger charge is -2.21. The van der Waals surface area contributed by atoms with E-state index in [1.807, 2.05) is 13.8 Å². The van der Waals surface area contributed by atoms with E-state index in [0.29, 0.717) is 24.2 Å². The van der Waals surface area contributed by atoms with Crippen molar-refractivity contribution in [2.45, 2.75) is 47.1 Å². The highest BCUT2D eigenvalue weighted by Crippen LogP contribution is 2.10. The lowest BCUT2D eigenvalue weighted by atomic mass is 9.94. The van der Waals surface area contributed by atoms with Crippen molar-refractivity contribution in [2.75, 3.05) is 6.54 Å². The van der Waals surface area contributed by atoms with Gasteiger partial charge in [-0.05, 0) is 12.5 Å². The highest BCUT2D eigenvalue weighted by Gasteiger charge is 2.17. The molecule has 1 N–H and O–H groups in total. The molecule has 0 radical (unpaired) electrons. The third-order valence-corrected chi connectivity index (χ3v) is 2.34. The van der Waals surface area contributed by atoms with Gasteiger partial charge in [0.05, 0.1) is 0 Å². The first-order chi connectivity index (χ1) is 5.99. The van der Waals surface area contributed by atoms with E-state index in [1.165, 1.54) is 0 Å². The summed E-state index contributed by atoms with van der Waals surface area (Å²) < 4.78 is 0. The number of hydrogen-bond acceptors (Lipinski definition) is 2. The van der Waals surface area contributed by atoms with E-state index < -0.39 is 0 Å². The Balaban J connectivity index is 0. The van der Waals surface area contributed by atoms with Crippen LogP contribution in [-0.4, -0.2) is 18.4 Å². The summed E-state index contributed by atoms with van der Waals surface area (Å²) in [6, 6.07) is 0.347. The molecule has 0 rings (SSSR count). The van der Waals surface area contributed by atoms with Gasteiger partial charge >= 0.3 is 0 Å². The molecule has 0 aliphatic carbocycles. The van der Waals surface area contributed by atoms with Gasteiger partial charge in [-0.2, -0.15) is 0 Å². The Kier molecular flexibility index (Phi) is 5.97. The van der Waals surface area contributed by atoms with Crippen LogP contribution >= 0.6 is 0 Å². The van der Waals surface area contributed by atoms with Gasteiger partial charge < -0.3 is 5.32 Å². The Bertz CT molecular complexity index is 157. The van der Waals surface area contributed by atoms with Crippen LogP contribution in [0.1, 0.15) is 42.5 Å². The van der Waals surface area contributed by atoms with Crippen molar-refractivity contribution in [1.29, 1.82) is 0 Å². The summed E-state index contributed by atoms with van der Waals surface area (Å²) in [5.74, 6) is 1.06. The van der Waals surface area contributed by atoms with E-state index >= 15 is 0 Å². The first-order valence-electron chi connectivity index (χ1n) is 5.25. The highest BCUT2D eigenvalue weighted by atomic mass is 16.1. The molecule has 13 heavy (non-hydrogen) atoms. The second kappa shape index (κ2) is 6.14. The molecule has 0 aliphatic heterocycles. The standard InChI is InChI=1S/C11H23NO.H2/c1-6-12-10(8(2)3)7-11(13)9(4)5;/h8-10,12H,6-7H2,1-5H3;1H. The molecule has 1 unspecified atom stereocenters. The Morgan fingerprint density at radius 1 is 1.31 bits per heavy atom. The molecule has 1 atom stereocenters. The molecule has 0 heterocycles. The SMILES string of the molecule is CCNC(CC(=O)C(C)C)C(C)C.[HH]. The van der Waals surface area contributed by atoms with Crippen LogP contribution in [0.15, 0.2) is 0 Å². The summed E-state index contributed by atoms with van der Waals surface area (Å²) in [6.45, 7) is 11.3. The van der Waals surface area contributed by atoms with Gasteiger partial charge in [0.15, 0.2) is 0 Å². The Morgan fingerprint density at radius 3 is 2.15 bits per heavy atom. The van der Waals surface area contributed by atoms with E-state index in [1.54, 1.807) is 0 Å². The molecule has 0 saturated carbocycles. The molecule has 0 aromatic carbocycles. The minimum atomic E-state index is 0. The first-order valence-corrected chi connectivity index (χ1v) is 5.25. The quantitative estimate of drug-likeness (QED) is 0.692. The van der Waals surface area contributed by atoms with Gasteiger partial charge in [-0.1, -0.05) is 34.6 Å². The van der Waals surface area contributed by atoms with Gasteiger partial charge in [0, 0.05) is 19.8 Å². The molecule has 0 spiro atoms. The van der Waals surface area contributed by atoms with Crippen LogP contribution < -0.4 is 5.32 Å². The van der Waals surface area contributed by atoms with Crippen LogP contribution in [0, 0.1) is 11.8 Å². The van der Waals surface area contributed by atoms with Crippen LogP contribution in [-0.2, 0) is 4.79 Å². The van der Waals surface area contributed by atoms with Gasteiger partial charge in [-0.3, -0.25) is 4.79 Å². The summed E-state index contributed by atoms with van der Waals surface area (Å²) in [4.78, 5) is 11.5. The third kappa shape index (κ3) is 5.04. The number of rotatable bonds is 6. The maximum Gasteiger partial charge on any atom is 0.136 e. The normalized spacial score (nSPS) is 13.8. The number of Topliss-reactive ketones (excluding diaryl/α,β-unsaturated/α-hetero) is 1. The number of carbonyl (C=O) groups excluding carboxylic acids is 1. The monoisotopic (exact) mass is 187 g/mol. The molecule has 0 aliphatic rings. The summed E-state index contributed by atoms with van der Waals surface area (Å²) in [6.07, 6.45) is 0.670. The van der Waals surface area contributed by atoms with Crippen molar-refractivity contribution in [3.8, 4) is 0 Å².